The van der Waals surface area contributed by atoms with Crippen molar-refractivity contribution in [1.29, 1.82) is 0 Å². The Morgan fingerprint density at radius 1 is 1.35 bits per heavy atom. The number of anilines is 1. The lowest BCUT2D eigenvalue weighted by molar-refractivity contribution is 0.0690. The van der Waals surface area contributed by atoms with Crippen LogP contribution >= 0.6 is 0 Å². The molecule has 7 nitrogen and oxygen atoms in total. The summed E-state index contributed by atoms with van der Waals surface area (Å²) in [6, 6.07) is 7.21. The van der Waals surface area contributed by atoms with E-state index in [9.17, 15) is 9.90 Å². The molecule has 0 unspecified atom stereocenters. The highest BCUT2D eigenvalue weighted by atomic mass is 16.4. The number of hydrogen-bond donors (Lipinski definition) is 2. The molecule has 102 valence electrons. The number of aromatic carboxylic acids is 1. The summed E-state index contributed by atoms with van der Waals surface area (Å²) < 4.78 is 3.24. The minimum atomic E-state index is -1.02. The van der Waals surface area contributed by atoms with Gasteiger partial charge in [0.25, 0.3) is 0 Å². The molecule has 0 saturated carbocycles. The molecule has 0 aliphatic rings. The molecule has 2 N–H and O–H groups in total. The number of rotatable bonds is 4. The van der Waals surface area contributed by atoms with Crippen molar-refractivity contribution >= 4 is 17.4 Å². The van der Waals surface area contributed by atoms with E-state index in [1.165, 1.54) is 0 Å². The van der Waals surface area contributed by atoms with Gasteiger partial charge in [-0.3, -0.25) is 9.08 Å². The lowest BCUT2D eigenvalue weighted by Crippen LogP contribution is -2.08. The van der Waals surface area contributed by atoms with Crippen LogP contribution in [0.5, 0.6) is 0 Å². The zero-order chi connectivity index (χ0) is 14.1. The van der Waals surface area contributed by atoms with Crippen LogP contribution in [0.25, 0.3) is 5.65 Å². The maximum absolute atomic E-state index is 11.4. The Morgan fingerprint density at radius 3 is 2.90 bits per heavy atom. The van der Waals surface area contributed by atoms with Crippen LogP contribution in [0.15, 0.2) is 36.7 Å². The molecule has 0 bridgehead atoms. The van der Waals surface area contributed by atoms with Crippen molar-refractivity contribution in [2.75, 3.05) is 5.32 Å². The first-order valence-corrected chi connectivity index (χ1v) is 6.08. The Kier molecular flexibility index (Phi) is 2.86. The maximum atomic E-state index is 11.4. The molecule has 3 heterocycles. The number of fused-ring (bicyclic) bond motifs is 1. The number of carbonyl (C=O) groups is 1. The van der Waals surface area contributed by atoms with Crippen molar-refractivity contribution in [1.82, 2.24) is 19.2 Å². The summed E-state index contributed by atoms with van der Waals surface area (Å²) >= 11 is 0. The van der Waals surface area contributed by atoms with Crippen LogP contribution in [0.2, 0.25) is 0 Å². The third-order valence-corrected chi connectivity index (χ3v) is 2.94. The summed E-state index contributed by atoms with van der Waals surface area (Å²) in [5.41, 5.74) is 1.53. The summed E-state index contributed by atoms with van der Waals surface area (Å²) in [5.74, 6) is -0.679. The van der Waals surface area contributed by atoms with Gasteiger partial charge in [0.05, 0.1) is 12.2 Å². The van der Waals surface area contributed by atoms with Crippen molar-refractivity contribution in [2.45, 2.75) is 6.54 Å². The summed E-state index contributed by atoms with van der Waals surface area (Å²) in [6.07, 6.45) is 3.51. The van der Waals surface area contributed by atoms with Crippen LogP contribution in [0.3, 0.4) is 0 Å². The zero-order valence-corrected chi connectivity index (χ0v) is 10.8. The van der Waals surface area contributed by atoms with E-state index in [0.717, 1.165) is 5.69 Å². The second-order valence-electron chi connectivity index (χ2n) is 4.38. The van der Waals surface area contributed by atoms with Gasteiger partial charge in [-0.1, -0.05) is 6.07 Å². The van der Waals surface area contributed by atoms with Gasteiger partial charge in [-0.2, -0.15) is 5.10 Å². The van der Waals surface area contributed by atoms with Crippen molar-refractivity contribution in [2.24, 2.45) is 7.05 Å². The third kappa shape index (κ3) is 2.09. The standard InChI is InChI=1S/C13H13N5O2/c1-17-7-5-9(16-17)8-14-12-11(13(19)20)18-6-3-2-4-10(18)15-12/h2-7,14H,8H2,1H3,(H,19,20). The predicted molar refractivity (Wildman–Crippen MR) is 72.7 cm³/mol. The van der Waals surface area contributed by atoms with Gasteiger partial charge in [-0.25, -0.2) is 9.78 Å². The van der Waals surface area contributed by atoms with Gasteiger partial charge in [-0.05, 0) is 18.2 Å². The third-order valence-electron chi connectivity index (χ3n) is 2.94. The van der Waals surface area contributed by atoms with Crippen molar-refractivity contribution in [3.8, 4) is 0 Å². The number of nitrogens with one attached hydrogen (secondary N) is 1. The molecule has 20 heavy (non-hydrogen) atoms. The Morgan fingerprint density at radius 2 is 2.20 bits per heavy atom. The first-order chi connectivity index (χ1) is 9.65. The summed E-state index contributed by atoms with van der Waals surface area (Å²) in [5, 5.41) is 16.6. The molecule has 0 radical (unpaired) electrons. The van der Waals surface area contributed by atoms with Gasteiger partial charge in [-0.15, -0.1) is 0 Å². The molecule has 0 saturated heterocycles. The number of carboxylic acid groups (broad SMARTS) is 1. The van der Waals surface area contributed by atoms with Crippen LogP contribution in [-0.2, 0) is 13.6 Å². The SMILES string of the molecule is Cn1ccc(CNc2nc3ccccn3c2C(=O)O)n1. The average Bonchev–Trinajstić information content (AvgIpc) is 2.99. The number of aromatic nitrogens is 4. The molecular weight excluding hydrogens is 258 g/mol. The molecule has 7 heteroatoms. The minimum absolute atomic E-state index is 0.122. The Bertz CT molecular complexity index is 774. The van der Waals surface area contributed by atoms with Crippen LogP contribution in [-0.4, -0.2) is 30.2 Å². The number of aryl methyl sites for hydroxylation is 1. The van der Waals surface area contributed by atoms with Crippen LogP contribution in [0.4, 0.5) is 5.82 Å². The summed E-state index contributed by atoms with van der Waals surface area (Å²) in [4.78, 5) is 15.7. The van der Waals surface area contributed by atoms with E-state index in [2.05, 4.69) is 15.4 Å². The number of carboxylic acids is 1. The minimum Gasteiger partial charge on any atom is -0.476 e. The fraction of sp³-hybridized carbons (Fsp3) is 0.154. The molecule has 0 aromatic carbocycles. The van der Waals surface area contributed by atoms with Crippen molar-refractivity contribution in [3.05, 3.63) is 48.0 Å². The summed E-state index contributed by atoms with van der Waals surface area (Å²) in [6.45, 7) is 0.422. The van der Waals surface area contributed by atoms with Gasteiger partial charge in [0, 0.05) is 19.4 Å². The molecule has 0 fully saturated rings. The Hall–Kier alpha value is -2.83. The van der Waals surface area contributed by atoms with Gasteiger partial charge >= 0.3 is 5.97 Å². The van der Waals surface area contributed by atoms with E-state index in [0.29, 0.717) is 18.0 Å². The molecule has 0 amide bonds. The molecule has 0 atom stereocenters. The monoisotopic (exact) mass is 271 g/mol. The zero-order valence-electron chi connectivity index (χ0n) is 10.8. The fourth-order valence-electron chi connectivity index (χ4n) is 2.06. The molecule has 3 rings (SSSR count). The van der Waals surface area contributed by atoms with E-state index in [4.69, 9.17) is 0 Å². The van der Waals surface area contributed by atoms with Crippen LogP contribution < -0.4 is 5.32 Å². The highest BCUT2D eigenvalue weighted by molar-refractivity contribution is 5.92. The molecule has 0 aliphatic carbocycles. The number of imidazole rings is 1. The highest BCUT2D eigenvalue weighted by Crippen LogP contribution is 2.18. The van der Waals surface area contributed by atoms with Crippen molar-refractivity contribution < 1.29 is 9.90 Å². The molecular formula is C13H13N5O2. The van der Waals surface area contributed by atoms with E-state index in [-0.39, 0.29) is 5.69 Å². The van der Waals surface area contributed by atoms with E-state index >= 15 is 0 Å². The Balaban J connectivity index is 1.94. The second-order valence-corrected chi connectivity index (χ2v) is 4.38. The fourth-order valence-corrected chi connectivity index (χ4v) is 2.06. The smallest absolute Gasteiger partial charge is 0.356 e. The predicted octanol–water partition coefficient (Wildman–Crippen LogP) is 1.38. The second kappa shape index (κ2) is 4.69. The normalized spacial score (nSPS) is 10.8. The van der Waals surface area contributed by atoms with Gasteiger partial charge in [0.2, 0.25) is 0 Å². The first kappa shape index (κ1) is 12.2. The number of nitrogens with zero attached hydrogens (tertiary/aromatic N) is 4. The number of hydrogen-bond acceptors (Lipinski definition) is 4. The molecule has 0 spiro atoms. The first-order valence-electron chi connectivity index (χ1n) is 6.08. The van der Waals surface area contributed by atoms with E-state index in [1.807, 2.05) is 25.4 Å². The largest absolute Gasteiger partial charge is 0.476 e. The van der Waals surface area contributed by atoms with Crippen molar-refractivity contribution in [3.63, 3.8) is 0 Å². The summed E-state index contributed by atoms with van der Waals surface area (Å²) in [7, 11) is 1.83. The van der Waals surface area contributed by atoms with E-state index < -0.39 is 5.97 Å². The van der Waals surface area contributed by atoms with E-state index in [1.54, 1.807) is 27.4 Å². The molecule has 3 aromatic heterocycles. The van der Waals surface area contributed by atoms with Gasteiger partial charge < -0.3 is 10.4 Å². The number of pyridine rings is 1. The maximum Gasteiger partial charge on any atom is 0.356 e. The van der Waals surface area contributed by atoms with Crippen LogP contribution in [0.1, 0.15) is 16.2 Å². The molecule has 0 aliphatic heterocycles. The lowest BCUT2D eigenvalue weighted by Gasteiger charge is -2.02. The average molecular weight is 271 g/mol. The quantitative estimate of drug-likeness (QED) is 0.748. The molecule has 3 aromatic rings. The highest BCUT2D eigenvalue weighted by Gasteiger charge is 2.18. The topological polar surface area (TPSA) is 84.5 Å². The van der Waals surface area contributed by atoms with Gasteiger partial charge in [0.15, 0.2) is 11.5 Å². The van der Waals surface area contributed by atoms with Gasteiger partial charge in [0.1, 0.15) is 5.65 Å². The van der Waals surface area contributed by atoms with Crippen LogP contribution in [0, 0.1) is 0 Å². The lowest BCUT2D eigenvalue weighted by atomic mass is 10.4. The Labute approximate surface area is 114 Å².